The van der Waals surface area contributed by atoms with Crippen LogP contribution in [0.2, 0.25) is 5.11 Å². The number of nitrogen functional groups attached to an aromatic ring is 1. The van der Waals surface area contributed by atoms with Crippen LogP contribution in [0.3, 0.4) is 0 Å². The molecule has 31 heavy (non-hydrogen) atoms. The smallest absolute Gasteiger partial charge is 0.418 e. The molecule has 1 aromatic heterocycles. The van der Waals surface area contributed by atoms with Crippen LogP contribution in [-0.4, -0.2) is 93.3 Å². The van der Waals surface area contributed by atoms with Gasteiger partial charge in [-0.1, -0.05) is 10.3 Å². The van der Waals surface area contributed by atoms with Crippen LogP contribution in [-0.2, 0) is 33.9 Å². The summed E-state index contributed by atoms with van der Waals surface area (Å²) >= 11 is 0.984. The third-order valence-corrected chi connectivity index (χ3v) is 5.73. The molecule has 19 heteroatoms. The molecule has 166 valence electrons. The van der Waals surface area contributed by atoms with E-state index in [2.05, 4.69) is 24.6 Å². The monoisotopic (exact) mass is 473 g/mol. The second-order valence-corrected chi connectivity index (χ2v) is 9.51. The molecule has 0 spiro atoms. The van der Waals surface area contributed by atoms with E-state index in [1.807, 2.05) is 0 Å². The van der Waals surface area contributed by atoms with E-state index in [-0.39, 0.29) is 10.8 Å². The topological polar surface area (TPSA) is 211 Å². The van der Waals surface area contributed by atoms with E-state index < -0.39 is 57.2 Å². The van der Waals surface area contributed by atoms with Gasteiger partial charge in [-0.3, -0.25) is 14.1 Å². The number of hydrogen-bond acceptors (Lipinski definition) is 11. The van der Waals surface area contributed by atoms with Gasteiger partial charge in [0.1, 0.15) is 11.7 Å². The van der Waals surface area contributed by atoms with Gasteiger partial charge in [-0.2, -0.15) is 13.5 Å². The Morgan fingerprint density at radius 3 is 2.55 bits per heavy atom. The first-order valence-electron chi connectivity index (χ1n) is 8.53. The lowest BCUT2D eigenvalue weighted by Crippen LogP contribution is -2.82. The molecular formula is C12H18B3N5O9S2. The first-order chi connectivity index (χ1) is 14.1. The Balaban J connectivity index is 2.35. The summed E-state index contributed by atoms with van der Waals surface area (Å²) in [4.78, 5) is 44.6. The number of carboxylic acid groups (broad SMARTS) is 1. The summed E-state index contributed by atoms with van der Waals surface area (Å²) in [5, 5.41) is 15.7. The van der Waals surface area contributed by atoms with Crippen molar-refractivity contribution < 1.29 is 41.6 Å². The highest BCUT2D eigenvalue weighted by atomic mass is 32.3. The predicted molar refractivity (Wildman–Crippen MR) is 115 cm³/mol. The van der Waals surface area contributed by atoms with Gasteiger partial charge >= 0.3 is 16.4 Å². The van der Waals surface area contributed by atoms with E-state index in [1.54, 1.807) is 23.5 Å². The number of nitrogens with one attached hydrogen (secondary N) is 1. The van der Waals surface area contributed by atoms with Crippen LogP contribution in [0.25, 0.3) is 0 Å². The number of amides is 2. The van der Waals surface area contributed by atoms with Crippen LogP contribution in [0.1, 0.15) is 12.6 Å². The van der Waals surface area contributed by atoms with Gasteiger partial charge in [-0.05, 0) is 6.92 Å². The molecule has 1 aromatic rings. The summed E-state index contributed by atoms with van der Waals surface area (Å²) in [6.45, 7) is 0.609. The number of carbonyl (C=O) groups excluding carboxylic acids is 2. The number of oxime groups is 1. The molecule has 2 heterocycles. The molecule has 1 saturated heterocycles. The summed E-state index contributed by atoms with van der Waals surface area (Å²) < 4.78 is 35.7. The Kier molecular flexibility index (Phi) is 6.74. The van der Waals surface area contributed by atoms with Gasteiger partial charge in [0, 0.05) is 5.38 Å². The van der Waals surface area contributed by atoms with Crippen LogP contribution in [0.5, 0.6) is 0 Å². The standard InChI is InChI=1S/C12H18B3N5O9S2/c1-11(12(13,14)15)7(9(24)20(11)29-31(25,26)27)18-8(23)6(19-28-2-5(21)22)4-3-30-10(16)17-4/h3,7H,2,13-15H2,1H3,(H2,16,17)(H,18,23)(H,21,22)(H,25,26,27)/b19-6-/t7-,11-/m1/s1. The van der Waals surface area contributed by atoms with Crippen molar-refractivity contribution in [3.05, 3.63) is 11.1 Å². The predicted octanol–water partition coefficient (Wildman–Crippen LogP) is -4.68. The third kappa shape index (κ3) is 5.17. The van der Waals surface area contributed by atoms with Crippen molar-refractivity contribution in [1.82, 2.24) is 15.4 Å². The number of aromatic nitrogens is 1. The lowest BCUT2D eigenvalue weighted by molar-refractivity contribution is -0.222. The second kappa shape index (κ2) is 8.48. The summed E-state index contributed by atoms with van der Waals surface area (Å²) in [5.41, 5.74) is 3.67. The van der Waals surface area contributed by atoms with Crippen molar-refractivity contribution in [3.63, 3.8) is 0 Å². The second-order valence-electron chi connectivity index (χ2n) is 7.62. The van der Waals surface area contributed by atoms with Crippen molar-refractivity contribution in [1.29, 1.82) is 0 Å². The molecule has 1 aliphatic rings. The van der Waals surface area contributed by atoms with Gasteiger partial charge in [0.05, 0.1) is 29.1 Å². The normalized spacial score (nSPS) is 22.0. The molecule has 0 radical (unpaired) electrons. The fourth-order valence-corrected chi connectivity index (χ4v) is 3.70. The number of carbonyl (C=O) groups is 3. The first kappa shape index (κ1) is 24.6. The van der Waals surface area contributed by atoms with Crippen molar-refractivity contribution >= 4 is 73.9 Å². The largest absolute Gasteiger partial charge is 0.479 e. The molecule has 2 rings (SSSR count). The van der Waals surface area contributed by atoms with Gasteiger partial charge in [0.2, 0.25) is 6.61 Å². The fourth-order valence-electron chi connectivity index (χ4n) is 2.74. The molecular weight excluding hydrogens is 455 g/mol. The number of nitrogens with two attached hydrogens (primary N) is 1. The van der Waals surface area contributed by atoms with Crippen molar-refractivity contribution in [2.45, 2.75) is 23.6 Å². The number of thiazole rings is 1. The lowest BCUT2D eigenvalue weighted by Gasteiger charge is -2.59. The third-order valence-electron chi connectivity index (χ3n) is 4.72. The Bertz CT molecular complexity index is 1040. The average Bonchev–Trinajstić information content (AvgIpc) is 3.04. The SMILES string of the molecule is BC(B)(B)[C@@]1(C)[C@H](NC(=O)/C(=N\OCC(=O)O)c2csc(N)n2)C(=O)N1OS(=O)(=O)O. The number of nitrogens with zero attached hydrogens (tertiary/aromatic N) is 3. The first-order valence-corrected chi connectivity index (χ1v) is 10.8. The molecule has 2 amide bonds. The Hall–Kier alpha value is -2.63. The van der Waals surface area contributed by atoms with E-state index in [9.17, 15) is 22.8 Å². The zero-order valence-electron chi connectivity index (χ0n) is 16.8. The lowest BCUT2D eigenvalue weighted by atomic mass is 9.33. The van der Waals surface area contributed by atoms with Crippen molar-refractivity contribution in [2.75, 3.05) is 12.3 Å². The number of carboxylic acids is 1. The molecule has 2 atom stereocenters. The number of hydroxylamine groups is 2. The zero-order valence-corrected chi connectivity index (χ0v) is 18.5. The van der Waals surface area contributed by atoms with Crippen LogP contribution in [0, 0.1) is 0 Å². The molecule has 0 bridgehead atoms. The maximum Gasteiger partial charge on any atom is 0.418 e. The molecule has 0 aromatic carbocycles. The number of β-lactam (4-membered cyclic amide) rings is 1. The van der Waals surface area contributed by atoms with E-state index >= 15 is 0 Å². The Morgan fingerprint density at radius 2 is 2.10 bits per heavy atom. The summed E-state index contributed by atoms with van der Waals surface area (Å²) in [6.07, 6.45) is 0. The van der Waals surface area contributed by atoms with Crippen molar-refractivity contribution in [3.8, 4) is 0 Å². The fraction of sp³-hybridized carbons (Fsp3) is 0.417. The van der Waals surface area contributed by atoms with E-state index in [4.69, 9.17) is 15.4 Å². The summed E-state index contributed by atoms with van der Waals surface area (Å²) in [6, 6.07) is -1.29. The number of hydrogen-bond donors (Lipinski definition) is 4. The van der Waals surface area contributed by atoms with Gasteiger partial charge in [0.15, 0.2) is 10.8 Å². The van der Waals surface area contributed by atoms with Gasteiger partial charge in [0.25, 0.3) is 11.8 Å². The number of rotatable bonds is 9. The number of anilines is 1. The Morgan fingerprint density at radius 1 is 1.48 bits per heavy atom. The van der Waals surface area contributed by atoms with E-state index in [0.717, 1.165) is 11.3 Å². The minimum absolute atomic E-state index is 0.0272. The zero-order chi connectivity index (χ0) is 23.8. The molecule has 0 aliphatic carbocycles. The molecule has 0 unspecified atom stereocenters. The van der Waals surface area contributed by atoms with Crippen LogP contribution in [0.15, 0.2) is 10.5 Å². The highest BCUT2D eigenvalue weighted by Gasteiger charge is 2.65. The quantitative estimate of drug-likeness (QED) is 0.0881. The highest BCUT2D eigenvalue weighted by Crippen LogP contribution is 2.45. The highest BCUT2D eigenvalue weighted by molar-refractivity contribution is 7.80. The van der Waals surface area contributed by atoms with Gasteiger partial charge in [-0.25, -0.2) is 9.78 Å². The van der Waals surface area contributed by atoms with Crippen molar-refractivity contribution in [2.24, 2.45) is 5.16 Å². The van der Waals surface area contributed by atoms with Gasteiger partial charge < -0.3 is 21.0 Å². The van der Waals surface area contributed by atoms with E-state index in [1.165, 1.54) is 12.3 Å². The minimum atomic E-state index is -5.01. The van der Waals surface area contributed by atoms with E-state index in [0.29, 0.717) is 5.06 Å². The van der Waals surface area contributed by atoms with Crippen LogP contribution < -0.4 is 11.1 Å². The van der Waals surface area contributed by atoms with Crippen LogP contribution in [0.4, 0.5) is 5.13 Å². The molecule has 5 N–H and O–H groups in total. The average molecular weight is 473 g/mol. The minimum Gasteiger partial charge on any atom is -0.479 e. The molecule has 14 nitrogen and oxygen atoms in total. The maximum atomic E-state index is 12.9. The summed E-state index contributed by atoms with van der Waals surface area (Å²) in [7, 11) is -0.0332. The Labute approximate surface area is 183 Å². The molecule has 1 fully saturated rings. The molecule has 1 aliphatic heterocycles. The maximum absolute atomic E-state index is 12.9. The molecule has 0 saturated carbocycles. The van der Waals surface area contributed by atoms with Crippen LogP contribution >= 0.6 is 11.3 Å². The summed E-state index contributed by atoms with van der Waals surface area (Å²) in [5.74, 6) is -3.25. The number of aliphatic carboxylic acids is 1. The van der Waals surface area contributed by atoms with Gasteiger partial charge in [-0.15, -0.1) is 15.6 Å².